The van der Waals surface area contributed by atoms with Gasteiger partial charge in [0.2, 0.25) is 11.8 Å². The normalized spacial score (nSPS) is 17.6. The van der Waals surface area contributed by atoms with Crippen LogP contribution >= 0.6 is 0 Å². The summed E-state index contributed by atoms with van der Waals surface area (Å²) >= 11 is 0. The molecule has 0 atom stereocenters. The van der Waals surface area contributed by atoms with Crippen molar-refractivity contribution in [3.8, 4) is 0 Å². The fraction of sp³-hybridized carbons (Fsp3) is 0.333. The highest BCUT2D eigenvalue weighted by molar-refractivity contribution is 6.16. The number of carbonyl (C=O) groups excluding carboxylic acids is 2. The molecule has 2 N–H and O–H groups in total. The lowest BCUT2D eigenvalue weighted by Gasteiger charge is -2.28. The van der Waals surface area contributed by atoms with Crippen molar-refractivity contribution in [3.63, 3.8) is 0 Å². The van der Waals surface area contributed by atoms with E-state index >= 15 is 0 Å². The number of anilines is 2. The van der Waals surface area contributed by atoms with Gasteiger partial charge in [-0.15, -0.1) is 0 Å². The third-order valence-electron chi connectivity index (χ3n) is 2.71. The maximum atomic E-state index is 13.2. The van der Waals surface area contributed by atoms with E-state index in [-0.39, 0.29) is 29.1 Å². The zero-order chi connectivity index (χ0) is 12.6. The highest BCUT2D eigenvalue weighted by atomic mass is 19.1. The van der Waals surface area contributed by atoms with Crippen molar-refractivity contribution in [2.75, 3.05) is 10.6 Å². The van der Waals surface area contributed by atoms with Crippen LogP contribution in [0.15, 0.2) is 18.2 Å². The second kappa shape index (κ2) is 4.16. The largest absolute Gasteiger partial charge is 0.399 e. The standard InChI is InChI=1S/C12H13FN2O2/c1-7-2-11(16)15(12(17)3-7)10-5-8(13)4-9(14)6-10/h4-7H,2-3,14H2,1H3. The molecule has 0 unspecified atom stereocenters. The van der Waals surface area contributed by atoms with Crippen molar-refractivity contribution in [3.05, 3.63) is 24.0 Å². The van der Waals surface area contributed by atoms with Crippen LogP contribution < -0.4 is 10.6 Å². The Hall–Kier alpha value is -1.91. The number of amides is 2. The molecule has 1 aromatic rings. The first-order valence-corrected chi connectivity index (χ1v) is 5.39. The van der Waals surface area contributed by atoms with Gasteiger partial charge in [0.25, 0.3) is 0 Å². The van der Waals surface area contributed by atoms with E-state index in [9.17, 15) is 14.0 Å². The minimum atomic E-state index is -0.556. The van der Waals surface area contributed by atoms with Crippen molar-refractivity contribution >= 4 is 23.2 Å². The van der Waals surface area contributed by atoms with Gasteiger partial charge in [0, 0.05) is 18.5 Å². The molecule has 0 aliphatic carbocycles. The molecule has 1 fully saturated rings. The minimum absolute atomic E-state index is 0.0390. The fourth-order valence-electron chi connectivity index (χ4n) is 2.00. The number of benzene rings is 1. The molecular weight excluding hydrogens is 223 g/mol. The minimum Gasteiger partial charge on any atom is -0.399 e. The van der Waals surface area contributed by atoms with E-state index in [0.29, 0.717) is 12.8 Å². The number of nitrogens with zero attached hydrogens (tertiary/aromatic N) is 1. The first-order chi connectivity index (χ1) is 7.97. The van der Waals surface area contributed by atoms with Crippen LogP contribution in [0.2, 0.25) is 0 Å². The number of rotatable bonds is 1. The van der Waals surface area contributed by atoms with E-state index < -0.39 is 5.82 Å². The Bertz CT molecular complexity index is 449. The summed E-state index contributed by atoms with van der Waals surface area (Å²) in [5.74, 6) is -1.13. The van der Waals surface area contributed by atoms with Crippen LogP contribution in [0, 0.1) is 11.7 Å². The number of imide groups is 1. The van der Waals surface area contributed by atoms with Gasteiger partial charge in [-0.05, 0) is 24.1 Å². The van der Waals surface area contributed by atoms with E-state index in [1.165, 1.54) is 6.07 Å². The molecule has 17 heavy (non-hydrogen) atoms. The molecule has 1 aliphatic heterocycles. The zero-order valence-electron chi connectivity index (χ0n) is 9.44. The lowest BCUT2D eigenvalue weighted by molar-refractivity contribution is -0.130. The second-order valence-corrected chi connectivity index (χ2v) is 4.38. The van der Waals surface area contributed by atoms with Gasteiger partial charge < -0.3 is 5.73 Å². The summed E-state index contributed by atoms with van der Waals surface area (Å²) < 4.78 is 13.2. The molecule has 0 saturated carbocycles. The van der Waals surface area contributed by atoms with E-state index in [4.69, 9.17) is 5.73 Å². The predicted octanol–water partition coefficient (Wildman–Crippen LogP) is 1.70. The van der Waals surface area contributed by atoms with Crippen LogP contribution in [-0.2, 0) is 9.59 Å². The molecule has 1 aromatic carbocycles. The molecule has 1 heterocycles. The van der Waals surface area contributed by atoms with Gasteiger partial charge in [0.15, 0.2) is 0 Å². The second-order valence-electron chi connectivity index (χ2n) is 4.38. The number of hydrogen-bond donors (Lipinski definition) is 1. The van der Waals surface area contributed by atoms with Gasteiger partial charge in [-0.2, -0.15) is 0 Å². The van der Waals surface area contributed by atoms with Crippen molar-refractivity contribution in [2.45, 2.75) is 19.8 Å². The van der Waals surface area contributed by atoms with Gasteiger partial charge in [-0.1, -0.05) is 6.92 Å². The molecule has 0 aromatic heterocycles. The Morgan fingerprint density at radius 2 is 1.82 bits per heavy atom. The quantitative estimate of drug-likeness (QED) is 0.596. The van der Waals surface area contributed by atoms with Crippen LogP contribution in [-0.4, -0.2) is 11.8 Å². The zero-order valence-corrected chi connectivity index (χ0v) is 9.44. The van der Waals surface area contributed by atoms with E-state index in [2.05, 4.69) is 0 Å². The average molecular weight is 236 g/mol. The average Bonchev–Trinajstić information content (AvgIpc) is 2.13. The summed E-state index contributed by atoms with van der Waals surface area (Å²) in [4.78, 5) is 24.6. The highest BCUT2D eigenvalue weighted by Gasteiger charge is 2.31. The van der Waals surface area contributed by atoms with Crippen molar-refractivity contribution in [1.82, 2.24) is 0 Å². The SMILES string of the molecule is CC1CC(=O)N(c2cc(N)cc(F)c2)C(=O)C1. The van der Waals surface area contributed by atoms with Crippen LogP contribution in [0.1, 0.15) is 19.8 Å². The summed E-state index contributed by atoms with van der Waals surface area (Å²) in [6.45, 7) is 1.84. The first kappa shape index (κ1) is 11.6. The number of nitrogen functional groups attached to an aromatic ring is 1. The number of nitrogens with two attached hydrogens (primary N) is 1. The molecule has 1 aliphatic rings. The molecule has 90 valence electrons. The molecule has 5 heteroatoms. The van der Waals surface area contributed by atoms with Crippen molar-refractivity contribution in [1.29, 1.82) is 0 Å². The molecular formula is C12H13FN2O2. The number of halogens is 1. The maximum absolute atomic E-state index is 13.2. The molecule has 2 amide bonds. The molecule has 1 saturated heterocycles. The number of carbonyl (C=O) groups is 2. The van der Waals surface area contributed by atoms with E-state index in [1.807, 2.05) is 6.92 Å². The highest BCUT2D eigenvalue weighted by Crippen LogP contribution is 2.27. The summed E-state index contributed by atoms with van der Waals surface area (Å²) in [6.07, 6.45) is 0.588. The van der Waals surface area contributed by atoms with Crippen molar-refractivity contribution < 1.29 is 14.0 Å². The van der Waals surface area contributed by atoms with Crippen LogP contribution in [0.4, 0.5) is 15.8 Å². The smallest absolute Gasteiger partial charge is 0.234 e. The molecule has 0 radical (unpaired) electrons. The maximum Gasteiger partial charge on any atom is 0.234 e. The lowest BCUT2D eigenvalue weighted by atomic mass is 9.97. The topological polar surface area (TPSA) is 63.4 Å². The molecule has 4 nitrogen and oxygen atoms in total. The Morgan fingerprint density at radius 3 is 2.35 bits per heavy atom. The summed E-state index contributed by atoms with van der Waals surface area (Å²) in [6, 6.07) is 3.71. The van der Waals surface area contributed by atoms with Gasteiger partial charge in [0.05, 0.1) is 5.69 Å². The Balaban J connectivity index is 2.38. The summed E-state index contributed by atoms with van der Waals surface area (Å²) in [5, 5.41) is 0. The fourth-order valence-corrected chi connectivity index (χ4v) is 2.00. The molecule has 0 spiro atoms. The Morgan fingerprint density at radius 1 is 1.24 bits per heavy atom. The Labute approximate surface area is 98.2 Å². The van der Waals surface area contributed by atoms with Gasteiger partial charge in [-0.25, -0.2) is 4.39 Å². The third kappa shape index (κ3) is 2.27. The number of hydrogen-bond acceptors (Lipinski definition) is 3. The van der Waals surface area contributed by atoms with E-state index in [0.717, 1.165) is 17.0 Å². The Kier molecular flexibility index (Phi) is 2.83. The molecule has 2 rings (SSSR count). The summed E-state index contributed by atoms with van der Waals surface area (Å²) in [5.41, 5.74) is 5.90. The van der Waals surface area contributed by atoms with E-state index in [1.54, 1.807) is 0 Å². The van der Waals surface area contributed by atoms with Gasteiger partial charge in [-0.3, -0.25) is 14.5 Å². The van der Waals surface area contributed by atoms with Crippen molar-refractivity contribution in [2.24, 2.45) is 5.92 Å². The number of piperidine rings is 1. The van der Waals surface area contributed by atoms with Crippen LogP contribution in [0.5, 0.6) is 0 Å². The lowest BCUT2D eigenvalue weighted by Crippen LogP contribution is -2.42. The third-order valence-corrected chi connectivity index (χ3v) is 2.71. The van der Waals surface area contributed by atoms with Crippen LogP contribution in [0.25, 0.3) is 0 Å². The predicted molar refractivity (Wildman–Crippen MR) is 61.7 cm³/mol. The monoisotopic (exact) mass is 236 g/mol. The molecule has 0 bridgehead atoms. The van der Waals surface area contributed by atoms with Crippen LogP contribution in [0.3, 0.4) is 0 Å². The summed E-state index contributed by atoms with van der Waals surface area (Å²) in [7, 11) is 0. The van der Waals surface area contributed by atoms with Gasteiger partial charge in [0.1, 0.15) is 5.82 Å². The van der Waals surface area contributed by atoms with Gasteiger partial charge >= 0.3 is 0 Å². The first-order valence-electron chi connectivity index (χ1n) is 5.39.